The van der Waals surface area contributed by atoms with Gasteiger partial charge in [-0.1, -0.05) is 62.4 Å². The molecule has 6 heteroatoms. The van der Waals surface area contributed by atoms with Crippen LogP contribution in [0.3, 0.4) is 0 Å². The molecule has 0 saturated heterocycles. The molecule has 0 saturated carbocycles. The summed E-state index contributed by atoms with van der Waals surface area (Å²) in [4.78, 5) is 0. The molecule has 0 aromatic heterocycles. The molecular weight excluding hydrogens is 432 g/mol. The van der Waals surface area contributed by atoms with Gasteiger partial charge in [0.15, 0.2) is 0 Å². The van der Waals surface area contributed by atoms with Gasteiger partial charge in [-0.25, -0.2) is 0 Å². The molecule has 3 aromatic carbocycles. The Bertz CT molecular complexity index is 897. The van der Waals surface area contributed by atoms with E-state index in [-0.39, 0.29) is 38.6 Å². The highest BCUT2D eigenvalue weighted by atomic mass is 16.5. The maximum atomic E-state index is 10.4. The Morgan fingerprint density at radius 2 is 0.912 bits per heavy atom. The molecule has 2 N–H and O–H groups in total. The Morgan fingerprint density at radius 1 is 0.588 bits per heavy atom. The van der Waals surface area contributed by atoms with Crippen LogP contribution in [0.15, 0.2) is 48.5 Å². The maximum absolute atomic E-state index is 10.4. The number of benzene rings is 3. The van der Waals surface area contributed by atoms with Crippen LogP contribution in [-0.4, -0.2) is 61.1 Å². The van der Waals surface area contributed by atoms with Crippen molar-refractivity contribution in [1.29, 1.82) is 0 Å². The van der Waals surface area contributed by atoms with E-state index < -0.39 is 12.2 Å². The van der Waals surface area contributed by atoms with Crippen molar-refractivity contribution >= 4 is 21.5 Å². The van der Waals surface area contributed by atoms with Crippen molar-refractivity contribution in [2.24, 2.45) is 0 Å². The number of fused-ring (bicyclic) bond motifs is 2. The highest BCUT2D eigenvalue weighted by Crippen LogP contribution is 2.42. The van der Waals surface area contributed by atoms with Crippen LogP contribution in [0.25, 0.3) is 21.5 Å². The second-order valence-electron chi connectivity index (χ2n) is 8.78. The number of aliphatic hydroxyl groups is 2. The molecule has 0 bridgehead atoms. The topological polar surface area (TPSA) is 77.4 Å². The normalized spacial score (nSPS) is 15.2. The van der Waals surface area contributed by atoms with E-state index in [0.29, 0.717) is 11.5 Å². The van der Waals surface area contributed by atoms with Crippen LogP contribution in [0.1, 0.15) is 40.5 Å². The summed E-state index contributed by atoms with van der Waals surface area (Å²) in [5, 5.41) is 24.3. The van der Waals surface area contributed by atoms with Crippen molar-refractivity contribution in [1.82, 2.24) is 0 Å². The Balaban J connectivity index is 1.84. The maximum Gasteiger partial charge on any atom is 0.135 e. The van der Waals surface area contributed by atoms with Gasteiger partial charge in [-0.3, -0.25) is 0 Å². The average Bonchev–Trinajstić information content (AvgIpc) is 2.87. The van der Waals surface area contributed by atoms with Crippen molar-refractivity contribution in [3.63, 3.8) is 0 Å². The molecular formula is C28H38O6. The van der Waals surface area contributed by atoms with Crippen molar-refractivity contribution < 1.29 is 29.2 Å². The third kappa shape index (κ3) is 6.83. The summed E-state index contributed by atoms with van der Waals surface area (Å²) in [5.74, 6) is 1.39. The first kappa shape index (κ1) is 26.2. The molecule has 0 heterocycles. The predicted molar refractivity (Wildman–Crippen MR) is 136 cm³/mol. The van der Waals surface area contributed by atoms with Gasteiger partial charge in [0.05, 0.1) is 25.4 Å². The van der Waals surface area contributed by atoms with Gasteiger partial charge in [0.1, 0.15) is 36.9 Å². The van der Waals surface area contributed by atoms with E-state index in [1.54, 1.807) is 0 Å². The minimum absolute atomic E-state index is 0.0960. The SMILES string of the molecule is CCC(C)OCC(O)COc1c2ccccc2c(OCC(O)COC(C)CC)c2ccccc12. The van der Waals surface area contributed by atoms with Crippen LogP contribution in [0.4, 0.5) is 0 Å². The fourth-order valence-corrected chi connectivity index (χ4v) is 3.60. The van der Waals surface area contributed by atoms with E-state index in [1.165, 1.54) is 0 Å². The third-order valence-corrected chi connectivity index (χ3v) is 5.97. The molecule has 0 radical (unpaired) electrons. The molecule has 0 spiro atoms. The Morgan fingerprint density at radius 3 is 1.21 bits per heavy atom. The summed E-state index contributed by atoms with van der Waals surface area (Å²) in [5.41, 5.74) is 0. The molecule has 6 nitrogen and oxygen atoms in total. The van der Waals surface area contributed by atoms with Crippen LogP contribution in [0, 0.1) is 0 Å². The Kier molecular flexibility index (Phi) is 9.96. The highest BCUT2D eigenvalue weighted by molar-refractivity contribution is 6.11. The van der Waals surface area contributed by atoms with Gasteiger partial charge in [-0.2, -0.15) is 0 Å². The van der Waals surface area contributed by atoms with Gasteiger partial charge in [-0.15, -0.1) is 0 Å². The van der Waals surface area contributed by atoms with Gasteiger partial charge in [-0.05, 0) is 26.7 Å². The first-order valence-corrected chi connectivity index (χ1v) is 12.2. The lowest BCUT2D eigenvalue weighted by Crippen LogP contribution is -2.26. The van der Waals surface area contributed by atoms with Gasteiger partial charge in [0, 0.05) is 21.5 Å². The highest BCUT2D eigenvalue weighted by Gasteiger charge is 2.18. The molecule has 34 heavy (non-hydrogen) atoms. The van der Waals surface area contributed by atoms with Gasteiger partial charge < -0.3 is 29.2 Å². The van der Waals surface area contributed by atoms with Crippen molar-refractivity contribution in [2.45, 2.75) is 65.0 Å². The molecule has 186 valence electrons. The molecule has 0 amide bonds. The molecule has 0 aliphatic rings. The number of rotatable bonds is 14. The number of hydrogen-bond donors (Lipinski definition) is 2. The second-order valence-corrected chi connectivity index (χ2v) is 8.78. The first-order valence-electron chi connectivity index (χ1n) is 12.2. The fourth-order valence-electron chi connectivity index (χ4n) is 3.60. The summed E-state index contributed by atoms with van der Waals surface area (Å²) in [7, 11) is 0. The Hall–Kier alpha value is -2.38. The van der Waals surface area contributed by atoms with Crippen molar-refractivity contribution in [3.05, 3.63) is 48.5 Å². The van der Waals surface area contributed by atoms with E-state index in [0.717, 1.165) is 34.4 Å². The van der Waals surface area contributed by atoms with Gasteiger partial charge in [0.2, 0.25) is 0 Å². The Labute approximate surface area is 202 Å². The molecule has 4 unspecified atom stereocenters. The molecule has 0 aliphatic carbocycles. The predicted octanol–water partition coefficient (Wildman–Crippen LogP) is 5.10. The van der Waals surface area contributed by atoms with Crippen LogP contribution in [0.2, 0.25) is 0 Å². The lowest BCUT2D eigenvalue weighted by molar-refractivity contribution is -0.0191. The number of aliphatic hydroxyl groups excluding tert-OH is 2. The summed E-state index contributed by atoms with van der Waals surface area (Å²) < 4.78 is 23.6. The summed E-state index contributed by atoms with van der Waals surface area (Å²) in [6, 6.07) is 15.7. The zero-order chi connectivity index (χ0) is 24.5. The lowest BCUT2D eigenvalue weighted by atomic mass is 10.0. The lowest BCUT2D eigenvalue weighted by Gasteiger charge is -2.21. The van der Waals surface area contributed by atoms with Crippen molar-refractivity contribution in [3.8, 4) is 11.5 Å². The minimum Gasteiger partial charge on any atom is -0.489 e. The van der Waals surface area contributed by atoms with E-state index in [9.17, 15) is 10.2 Å². The summed E-state index contributed by atoms with van der Waals surface area (Å²) in [6.45, 7) is 8.76. The van der Waals surface area contributed by atoms with Crippen molar-refractivity contribution in [2.75, 3.05) is 26.4 Å². The average molecular weight is 471 g/mol. The molecule has 3 aromatic rings. The number of hydrogen-bond acceptors (Lipinski definition) is 6. The van der Waals surface area contributed by atoms with E-state index in [2.05, 4.69) is 0 Å². The fraction of sp³-hybridized carbons (Fsp3) is 0.500. The van der Waals surface area contributed by atoms with Crippen LogP contribution < -0.4 is 9.47 Å². The van der Waals surface area contributed by atoms with Crippen LogP contribution >= 0.6 is 0 Å². The molecule has 4 atom stereocenters. The quantitative estimate of drug-likeness (QED) is 0.319. The monoisotopic (exact) mass is 470 g/mol. The van der Waals surface area contributed by atoms with Crippen LogP contribution in [-0.2, 0) is 9.47 Å². The zero-order valence-corrected chi connectivity index (χ0v) is 20.7. The second kappa shape index (κ2) is 12.9. The van der Waals surface area contributed by atoms with E-state index in [1.807, 2.05) is 76.2 Å². The number of ether oxygens (including phenoxy) is 4. The smallest absolute Gasteiger partial charge is 0.135 e. The molecule has 3 rings (SSSR count). The minimum atomic E-state index is -0.733. The van der Waals surface area contributed by atoms with E-state index >= 15 is 0 Å². The summed E-state index contributed by atoms with van der Waals surface area (Å²) >= 11 is 0. The van der Waals surface area contributed by atoms with Gasteiger partial charge in [0.25, 0.3) is 0 Å². The zero-order valence-electron chi connectivity index (χ0n) is 20.7. The summed E-state index contributed by atoms with van der Waals surface area (Å²) in [6.07, 6.45) is 0.509. The molecule has 0 fully saturated rings. The van der Waals surface area contributed by atoms with Crippen LogP contribution in [0.5, 0.6) is 11.5 Å². The van der Waals surface area contributed by atoms with Gasteiger partial charge >= 0.3 is 0 Å². The first-order chi connectivity index (χ1) is 16.4. The standard InChI is InChI=1S/C28H38O6/c1-5-19(3)31-15-21(29)17-33-27-23-11-7-9-13-25(23)28(26-14-10-8-12-24(26)27)34-18-22(30)16-32-20(4)6-2/h7-14,19-22,29-30H,5-6,15-18H2,1-4H3. The largest absolute Gasteiger partial charge is 0.489 e. The van der Waals surface area contributed by atoms with E-state index in [4.69, 9.17) is 18.9 Å². The molecule has 0 aliphatic heterocycles. The third-order valence-electron chi connectivity index (χ3n) is 5.97.